The van der Waals surface area contributed by atoms with Crippen LogP contribution < -0.4 is 10.2 Å². The maximum Gasteiger partial charge on any atom is 0.255 e. The van der Waals surface area contributed by atoms with Gasteiger partial charge in [-0.3, -0.25) is 4.79 Å². The predicted octanol–water partition coefficient (Wildman–Crippen LogP) is 3.91. The molecule has 0 aromatic heterocycles. The highest BCUT2D eigenvalue weighted by Gasteiger charge is 2.08. The van der Waals surface area contributed by atoms with Crippen LogP contribution in [0.25, 0.3) is 0 Å². The number of hydrogen-bond donors (Lipinski definition) is 1. The number of amides is 1. The Bertz CT molecular complexity index is 644. The van der Waals surface area contributed by atoms with Gasteiger partial charge in [-0.05, 0) is 52.3 Å². The Morgan fingerprint density at radius 2 is 1.95 bits per heavy atom. The van der Waals surface area contributed by atoms with Gasteiger partial charge in [-0.15, -0.1) is 0 Å². The molecule has 0 aliphatic carbocycles. The van der Waals surface area contributed by atoms with E-state index < -0.39 is 0 Å². The Kier molecular flexibility index (Phi) is 4.39. The molecule has 5 heteroatoms. The van der Waals surface area contributed by atoms with E-state index in [0.717, 1.165) is 5.69 Å². The van der Waals surface area contributed by atoms with Crippen LogP contribution in [0.4, 0.5) is 15.8 Å². The van der Waals surface area contributed by atoms with Crippen LogP contribution in [0.3, 0.4) is 0 Å². The van der Waals surface area contributed by atoms with Crippen LogP contribution in [-0.2, 0) is 0 Å². The van der Waals surface area contributed by atoms with Crippen LogP contribution in [0.5, 0.6) is 0 Å². The molecule has 0 heterocycles. The molecule has 2 rings (SSSR count). The van der Waals surface area contributed by atoms with Crippen molar-refractivity contribution in [1.82, 2.24) is 0 Å². The molecule has 0 bridgehead atoms. The number of nitrogens with one attached hydrogen (secondary N) is 1. The first-order chi connectivity index (χ1) is 9.47. The molecule has 2 aromatic carbocycles. The van der Waals surface area contributed by atoms with E-state index in [1.807, 2.05) is 31.1 Å². The predicted molar refractivity (Wildman–Crippen MR) is 82.8 cm³/mol. The highest BCUT2D eigenvalue weighted by Crippen LogP contribution is 2.21. The first kappa shape index (κ1) is 14.5. The second kappa shape index (κ2) is 6.05. The van der Waals surface area contributed by atoms with Crippen molar-refractivity contribution in [3.8, 4) is 0 Å². The molecule has 0 unspecified atom stereocenters. The van der Waals surface area contributed by atoms with Crippen LogP contribution in [0, 0.1) is 5.82 Å². The van der Waals surface area contributed by atoms with Gasteiger partial charge in [-0.25, -0.2) is 4.39 Å². The summed E-state index contributed by atoms with van der Waals surface area (Å²) in [6.07, 6.45) is 0. The fraction of sp³-hybridized carbons (Fsp3) is 0.133. The van der Waals surface area contributed by atoms with Crippen LogP contribution in [-0.4, -0.2) is 20.0 Å². The zero-order chi connectivity index (χ0) is 14.7. The van der Waals surface area contributed by atoms with Crippen LogP contribution in [0.1, 0.15) is 10.4 Å². The van der Waals surface area contributed by atoms with Crippen LogP contribution in [0.15, 0.2) is 46.9 Å². The standard InChI is InChI=1S/C15H14BrFN2O/c1-19(2)12-5-3-4-10(8-12)15(20)18-11-6-7-14(17)13(16)9-11/h3-9H,1-2H3,(H,18,20). The smallest absolute Gasteiger partial charge is 0.255 e. The van der Waals surface area contributed by atoms with Crippen molar-refractivity contribution in [2.24, 2.45) is 0 Å². The lowest BCUT2D eigenvalue weighted by atomic mass is 10.1. The number of halogens is 2. The third-order valence-corrected chi connectivity index (χ3v) is 3.41. The second-order valence-corrected chi connectivity index (χ2v) is 5.38. The minimum absolute atomic E-state index is 0.229. The summed E-state index contributed by atoms with van der Waals surface area (Å²) < 4.78 is 13.5. The van der Waals surface area contributed by atoms with Gasteiger partial charge in [0.2, 0.25) is 0 Å². The van der Waals surface area contributed by atoms with Gasteiger partial charge >= 0.3 is 0 Å². The van der Waals surface area contributed by atoms with Gasteiger partial charge in [-0.1, -0.05) is 6.07 Å². The number of hydrogen-bond acceptors (Lipinski definition) is 2. The van der Waals surface area contributed by atoms with Gasteiger partial charge in [-0.2, -0.15) is 0 Å². The third-order valence-electron chi connectivity index (χ3n) is 2.80. The normalized spacial score (nSPS) is 10.2. The van der Waals surface area contributed by atoms with Gasteiger partial charge in [0.1, 0.15) is 5.82 Å². The summed E-state index contributed by atoms with van der Waals surface area (Å²) >= 11 is 3.09. The van der Waals surface area contributed by atoms with Gasteiger partial charge in [0, 0.05) is 31.0 Å². The lowest BCUT2D eigenvalue weighted by molar-refractivity contribution is 0.102. The monoisotopic (exact) mass is 336 g/mol. The molecule has 0 atom stereocenters. The van der Waals surface area contributed by atoms with Crippen molar-refractivity contribution in [2.45, 2.75) is 0 Å². The number of carbonyl (C=O) groups excluding carboxylic acids is 1. The summed E-state index contributed by atoms with van der Waals surface area (Å²) in [6.45, 7) is 0. The van der Waals surface area contributed by atoms with E-state index in [-0.39, 0.29) is 11.7 Å². The highest BCUT2D eigenvalue weighted by atomic mass is 79.9. The molecule has 0 spiro atoms. The zero-order valence-corrected chi connectivity index (χ0v) is 12.7. The van der Waals surface area contributed by atoms with E-state index in [0.29, 0.717) is 15.7 Å². The molecule has 2 aromatic rings. The maximum atomic E-state index is 13.1. The lowest BCUT2D eigenvalue weighted by Crippen LogP contribution is -2.14. The minimum Gasteiger partial charge on any atom is -0.378 e. The lowest BCUT2D eigenvalue weighted by Gasteiger charge is -2.13. The molecule has 0 fully saturated rings. The van der Waals surface area contributed by atoms with Crippen molar-refractivity contribution >= 4 is 33.2 Å². The van der Waals surface area contributed by atoms with Crippen molar-refractivity contribution < 1.29 is 9.18 Å². The summed E-state index contributed by atoms with van der Waals surface area (Å²) in [5.74, 6) is -0.593. The summed E-state index contributed by atoms with van der Waals surface area (Å²) in [4.78, 5) is 14.1. The average molecular weight is 337 g/mol. The molecule has 1 N–H and O–H groups in total. The molecule has 0 aliphatic rings. The highest BCUT2D eigenvalue weighted by molar-refractivity contribution is 9.10. The van der Waals surface area contributed by atoms with Gasteiger partial charge in [0.15, 0.2) is 0 Å². The molecule has 3 nitrogen and oxygen atoms in total. The first-order valence-electron chi connectivity index (χ1n) is 6.01. The summed E-state index contributed by atoms with van der Waals surface area (Å²) in [5, 5.41) is 2.74. The zero-order valence-electron chi connectivity index (χ0n) is 11.2. The van der Waals surface area contributed by atoms with E-state index in [1.165, 1.54) is 18.2 Å². The van der Waals surface area contributed by atoms with Crippen molar-refractivity contribution in [3.05, 3.63) is 58.3 Å². The molecule has 1 amide bonds. The summed E-state index contributed by atoms with van der Waals surface area (Å²) in [6, 6.07) is 11.6. The first-order valence-corrected chi connectivity index (χ1v) is 6.80. The molecule has 0 aliphatic heterocycles. The minimum atomic E-state index is -0.363. The quantitative estimate of drug-likeness (QED) is 0.921. The number of carbonyl (C=O) groups is 1. The number of rotatable bonds is 3. The van der Waals surface area contributed by atoms with E-state index in [4.69, 9.17) is 0 Å². The topological polar surface area (TPSA) is 32.3 Å². The Balaban J connectivity index is 2.19. The van der Waals surface area contributed by atoms with Crippen LogP contribution >= 0.6 is 15.9 Å². The van der Waals surface area contributed by atoms with Crippen LogP contribution in [0.2, 0.25) is 0 Å². The molecule has 0 saturated carbocycles. The Morgan fingerprint density at radius 3 is 2.60 bits per heavy atom. The fourth-order valence-electron chi connectivity index (χ4n) is 1.70. The summed E-state index contributed by atoms with van der Waals surface area (Å²) in [7, 11) is 3.82. The molecule has 104 valence electrons. The second-order valence-electron chi connectivity index (χ2n) is 4.53. The van der Waals surface area contributed by atoms with E-state index in [1.54, 1.807) is 12.1 Å². The van der Waals surface area contributed by atoms with Gasteiger partial charge < -0.3 is 10.2 Å². The number of anilines is 2. The molecular weight excluding hydrogens is 323 g/mol. The SMILES string of the molecule is CN(C)c1cccc(C(=O)Nc2ccc(F)c(Br)c2)c1. The molecule has 20 heavy (non-hydrogen) atoms. The number of benzene rings is 2. The van der Waals surface area contributed by atoms with Gasteiger partial charge in [0.25, 0.3) is 5.91 Å². The maximum absolute atomic E-state index is 13.1. The van der Waals surface area contributed by atoms with Crippen molar-refractivity contribution in [1.29, 1.82) is 0 Å². The van der Waals surface area contributed by atoms with E-state index in [2.05, 4.69) is 21.2 Å². The van der Waals surface area contributed by atoms with Gasteiger partial charge in [0.05, 0.1) is 4.47 Å². The Hall–Kier alpha value is -1.88. The third kappa shape index (κ3) is 3.36. The molecule has 0 radical (unpaired) electrons. The Morgan fingerprint density at radius 1 is 1.20 bits per heavy atom. The fourth-order valence-corrected chi connectivity index (χ4v) is 2.08. The van der Waals surface area contributed by atoms with Crippen molar-refractivity contribution in [2.75, 3.05) is 24.3 Å². The van der Waals surface area contributed by atoms with Crippen molar-refractivity contribution in [3.63, 3.8) is 0 Å². The molecular formula is C15H14BrFN2O. The summed E-state index contributed by atoms with van der Waals surface area (Å²) in [5.41, 5.74) is 2.04. The van der Waals surface area contributed by atoms with E-state index >= 15 is 0 Å². The number of nitrogens with zero attached hydrogens (tertiary/aromatic N) is 1. The van der Waals surface area contributed by atoms with E-state index in [9.17, 15) is 9.18 Å². The largest absolute Gasteiger partial charge is 0.378 e. The Labute approximate surface area is 125 Å². The average Bonchev–Trinajstić information content (AvgIpc) is 2.43. The molecule has 0 saturated heterocycles.